The van der Waals surface area contributed by atoms with Gasteiger partial charge in [0.25, 0.3) is 0 Å². The maximum atomic E-state index is 12.5. The molecule has 2 nitrogen and oxygen atoms in total. The summed E-state index contributed by atoms with van der Waals surface area (Å²) in [6.07, 6.45) is -3.20. The molecular weight excluding hydrogens is 275 g/mol. The summed E-state index contributed by atoms with van der Waals surface area (Å²) in [5, 5.41) is 10.1. The molecule has 0 saturated heterocycles. The number of alkyl halides is 3. The number of hydrogen-bond donors (Lipinski definition) is 2. The average Bonchev–Trinajstić information content (AvgIpc) is 2.35. The molecular formula is C13H18F3NOS. The highest BCUT2D eigenvalue weighted by atomic mass is 32.2. The molecule has 0 radical (unpaired) electrons. The predicted molar refractivity (Wildman–Crippen MR) is 72.1 cm³/mol. The van der Waals surface area contributed by atoms with E-state index in [1.165, 1.54) is 17.8 Å². The predicted octanol–water partition coefficient (Wildman–Crippen LogP) is 3.93. The van der Waals surface area contributed by atoms with Crippen molar-refractivity contribution in [2.24, 2.45) is 0 Å². The van der Waals surface area contributed by atoms with Crippen LogP contribution in [-0.4, -0.2) is 16.5 Å². The topological polar surface area (TPSA) is 46.2 Å². The highest BCUT2D eigenvalue weighted by molar-refractivity contribution is 7.99. The standard InChI is InChI=1S/C13H18F3NOS/c1-3-12(18,4-2)8-19-11-6-5-9(7-10(11)17)13(14,15)16/h5-7,18H,3-4,8,17H2,1-2H3. The fraction of sp³-hybridized carbons (Fsp3) is 0.538. The van der Waals surface area contributed by atoms with Gasteiger partial charge in [0.2, 0.25) is 0 Å². The maximum absolute atomic E-state index is 12.5. The Hall–Kier alpha value is -0.880. The summed E-state index contributed by atoms with van der Waals surface area (Å²) in [6.45, 7) is 3.75. The normalized spacial score (nSPS) is 12.7. The zero-order valence-electron chi connectivity index (χ0n) is 10.9. The molecule has 6 heteroatoms. The highest BCUT2D eigenvalue weighted by Gasteiger charge is 2.31. The third-order valence-corrected chi connectivity index (χ3v) is 4.51. The van der Waals surface area contributed by atoms with Crippen LogP contribution in [0.25, 0.3) is 0 Å². The second-order valence-electron chi connectivity index (χ2n) is 4.47. The van der Waals surface area contributed by atoms with Crippen LogP contribution in [0, 0.1) is 0 Å². The fourth-order valence-electron chi connectivity index (χ4n) is 1.52. The summed E-state index contributed by atoms with van der Waals surface area (Å²) < 4.78 is 37.4. The number of nitrogens with two attached hydrogens (primary N) is 1. The lowest BCUT2D eigenvalue weighted by atomic mass is 10.0. The van der Waals surface area contributed by atoms with Crippen LogP contribution < -0.4 is 5.73 Å². The first-order valence-corrected chi connectivity index (χ1v) is 7.02. The molecule has 1 aromatic rings. The van der Waals surface area contributed by atoms with Crippen LogP contribution in [0.3, 0.4) is 0 Å². The largest absolute Gasteiger partial charge is 0.416 e. The second-order valence-corrected chi connectivity index (χ2v) is 5.49. The minimum atomic E-state index is -4.38. The van der Waals surface area contributed by atoms with Crippen molar-refractivity contribution < 1.29 is 18.3 Å². The molecule has 0 bridgehead atoms. The van der Waals surface area contributed by atoms with Gasteiger partial charge in [0.1, 0.15) is 0 Å². The van der Waals surface area contributed by atoms with Gasteiger partial charge in [-0.3, -0.25) is 0 Å². The van der Waals surface area contributed by atoms with Crippen molar-refractivity contribution in [2.75, 3.05) is 11.5 Å². The van der Waals surface area contributed by atoms with Crippen LogP contribution >= 0.6 is 11.8 Å². The van der Waals surface area contributed by atoms with Crippen molar-refractivity contribution in [3.63, 3.8) is 0 Å². The second kappa shape index (κ2) is 6.05. The molecule has 0 heterocycles. The summed E-state index contributed by atoms with van der Waals surface area (Å²) in [6, 6.07) is 3.30. The van der Waals surface area contributed by atoms with Crippen LogP contribution in [0.2, 0.25) is 0 Å². The van der Waals surface area contributed by atoms with Gasteiger partial charge in [-0.15, -0.1) is 11.8 Å². The summed E-state index contributed by atoms with van der Waals surface area (Å²) in [5.41, 5.74) is 4.16. The van der Waals surface area contributed by atoms with Crippen molar-refractivity contribution in [2.45, 2.75) is 43.4 Å². The number of hydrogen-bond acceptors (Lipinski definition) is 3. The first-order valence-electron chi connectivity index (χ1n) is 6.03. The van der Waals surface area contributed by atoms with Crippen molar-refractivity contribution in [1.82, 2.24) is 0 Å². The van der Waals surface area contributed by atoms with E-state index < -0.39 is 17.3 Å². The summed E-state index contributed by atoms with van der Waals surface area (Å²) in [4.78, 5) is 0.563. The van der Waals surface area contributed by atoms with Gasteiger partial charge in [0.05, 0.1) is 11.2 Å². The number of halogens is 3. The van der Waals surface area contributed by atoms with Crippen molar-refractivity contribution in [3.05, 3.63) is 23.8 Å². The Morgan fingerprint density at radius 3 is 2.21 bits per heavy atom. The minimum Gasteiger partial charge on any atom is -0.398 e. The highest BCUT2D eigenvalue weighted by Crippen LogP contribution is 2.35. The molecule has 0 atom stereocenters. The summed E-state index contributed by atoms with van der Waals surface area (Å²) in [7, 11) is 0. The molecule has 0 aromatic heterocycles. The molecule has 0 spiro atoms. The molecule has 0 aliphatic rings. The van der Waals surface area contributed by atoms with E-state index in [2.05, 4.69) is 0 Å². The van der Waals surface area contributed by atoms with Crippen LogP contribution in [0.4, 0.5) is 18.9 Å². The number of benzene rings is 1. The summed E-state index contributed by atoms with van der Waals surface area (Å²) >= 11 is 1.28. The van der Waals surface area contributed by atoms with Crippen molar-refractivity contribution >= 4 is 17.4 Å². The number of rotatable bonds is 5. The first-order chi connectivity index (χ1) is 8.72. The monoisotopic (exact) mass is 293 g/mol. The van der Waals surface area contributed by atoms with Gasteiger partial charge in [-0.1, -0.05) is 13.8 Å². The molecule has 0 fully saturated rings. The molecule has 0 unspecified atom stereocenters. The van der Waals surface area contributed by atoms with Crippen LogP contribution in [0.15, 0.2) is 23.1 Å². The molecule has 108 valence electrons. The van der Waals surface area contributed by atoms with Gasteiger partial charge in [0, 0.05) is 16.3 Å². The van der Waals surface area contributed by atoms with E-state index in [0.29, 0.717) is 23.5 Å². The quantitative estimate of drug-likeness (QED) is 0.638. The van der Waals surface area contributed by atoms with E-state index >= 15 is 0 Å². The Labute approximate surface area is 115 Å². The smallest absolute Gasteiger partial charge is 0.398 e. The van der Waals surface area contributed by atoms with Gasteiger partial charge in [0.15, 0.2) is 0 Å². The molecule has 0 aliphatic carbocycles. The Bertz CT molecular complexity index is 430. The zero-order valence-corrected chi connectivity index (χ0v) is 11.7. The van der Waals surface area contributed by atoms with E-state index in [0.717, 1.165) is 12.1 Å². The molecule has 1 rings (SSSR count). The molecule has 1 aromatic carbocycles. The maximum Gasteiger partial charge on any atom is 0.416 e. The van der Waals surface area contributed by atoms with Crippen LogP contribution in [0.5, 0.6) is 0 Å². The zero-order chi connectivity index (χ0) is 14.7. The van der Waals surface area contributed by atoms with Crippen molar-refractivity contribution in [3.8, 4) is 0 Å². The van der Waals surface area contributed by atoms with Gasteiger partial charge in [-0.05, 0) is 31.0 Å². The lowest BCUT2D eigenvalue weighted by Gasteiger charge is -2.24. The fourth-order valence-corrected chi connectivity index (χ4v) is 2.74. The average molecular weight is 293 g/mol. The van der Waals surface area contributed by atoms with Crippen LogP contribution in [0.1, 0.15) is 32.3 Å². The van der Waals surface area contributed by atoms with E-state index in [1.54, 1.807) is 0 Å². The molecule has 0 amide bonds. The van der Waals surface area contributed by atoms with Crippen LogP contribution in [-0.2, 0) is 6.18 Å². The Balaban J connectivity index is 2.82. The molecule has 19 heavy (non-hydrogen) atoms. The molecule has 0 aliphatic heterocycles. The van der Waals surface area contributed by atoms with Gasteiger partial charge < -0.3 is 10.8 Å². The lowest BCUT2D eigenvalue weighted by molar-refractivity contribution is -0.137. The van der Waals surface area contributed by atoms with E-state index in [4.69, 9.17) is 5.73 Å². The molecule has 0 saturated carbocycles. The number of nitrogen functional groups attached to an aromatic ring is 1. The summed E-state index contributed by atoms with van der Waals surface area (Å²) in [5.74, 6) is 0.412. The molecule has 3 N–H and O–H groups in total. The third kappa shape index (κ3) is 4.31. The van der Waals surface area contributed by atoms with Gasteiger partial charge >= 0.3 is 6.18 Å². The van der Waals surface area contributed by atoms with E-state index in [-0.39, 0.29) is 5.69 Å². The van der Waals surface area contributed by atoms with E-state index in [9.17, 15) is 18.3 Å². The Morgan fingerprint density at radius 1 is 1.21 bits per heavy atom. The SMILES string of the molecule is CCC(O)(CC)CSc1ccc(C(F)(F)F)cc1N. The number of aliphatic hydroxyl groups is 1. The van der Waals surface area contributed by atoms with Gasteiger partial charge in [-0.2, -0.15) is 13.2 Å². The van der Waals surface area contributed by atoms with Gasteiger partial charge in [-0.25, -0.2) is 0 Å². The van der Waals surface area contributed by atoms with Crippen molar-refractivity contribution in [1.29, 1.82) is 0 Å². The third-order valence-electron chi connectivity index (χ3n) is 3.15. The lowest BCUT2D eigenvalue weighted by Crippen LogP contribution is -2.29. The Morgan fingerprint density at radius 2 is 1.79 bits per heavy atom. The number of anilines is 1. The van der Waals surface area contributed by atoms with E-state index in [1.807, 2.05) is 13.8 Å². The first kappa shape index (κ1) is 16.2. The Kier molecular flexibility index (Phi) is 5.15. The minimum absolute atomic E-state index is 0.0920. The number of thioether (sulfide) groups is 1.